The quantitative estimate of drug-likeness (QED) is 0.238. The van der Waals surface area contributed by atoms with Gasteiger partial charge in [-0.15, -0.1) is 0 Å². The standard InChI is InChI=1S/C35H33F3N4O6/c1-21-3-5-22(6-4-21)23-7-9-24(10-8-23)33-40-31(48-41-33)19-42(20-32(44)45)34(46)25-11-14-27(15-12-25)39-30(43)17-26-13-16-28(47-2)18-29(26)35(36,37)38/h3,5-7,9-16,18,21,23H,4,8,17,19-20H2,1-2H3,(H,39,43)(H,44,45). The molecule has 5 rings (SSSR count). The number of nitrogens with zero attached hydrogens (tertiary/aromatic N) is 3. The molecule has 0 bridgehead atoms. The molecule has 0 saturated carbocycles. The molecule has 2 aliphatic carbocycles. The van der Waals surface area contributed by atoms with Gasteiger partial charge in [0.15, 0.2) is 0 Å². The van der Waals surface area contributed by atoms with E-state index in [1.54, 1.807) is 0 Å². The van der Waals surface area contributed by atoms with Crippen molar-refractivity contribution < 1.29 is 41.9 Å². The number of anilines is 1. The molecule has 2 unspecified atom stereocenters. The van der Waals surface area contributed by atoms with Crippen molar-refractivity contribution in [1.82, 2.24) is 15.0 Å². The van der Waals surface area contributed by atoms with Crippen LogP contribution in [0, 0.1) is 11.8 Å². The van der Waals surface area contributed by atoms with Gasteiger partial charge in [-0.05, 0) is 66.3 Å². The Bertz CT molecular complexity index is 1810. The first kappa shape index (κ1) is 33.9. The fourth-order valence-electron chi connectivity index (χ4n) is 5.37. The molecule has 1 heterocycles. The number of halogens is 3. The molecule has 0 saturated heterocycles. The van der Waals surface area contributed by atoms with E-state index in [0.29, 0.717) is 11.7 Å². The second kappa shape index (κ2) is 14.5. The highest BCUT2D eigenvalue weighted by Crippen LogP contribution is 2.35. The Morgan fingerprint density at radius 2 is 1.83 bits per heavy atom. The van der Waals surface area contributed by atoms with Gasteiger partial charge in [0.2, 0.25) is 17.6 Å². The van der Waals surface area contributed by atoms with Gasteiger partial charge in [0, 0.05) is 22.7 Å². The molecule has 0 spiro atoms. The Morgan fingerprint density at radius 3 is 2.46 bits per heavy atom. The van der Waals surface area contributed by atoms with Gasteiger partial charge < -0.3 is 24.6 Å². The van der Waals surface area contributed by atoms with Crippen LogP contribution in [0.25, 0.3) is 5.57 Å². The van der Waals surface area contributed by atoms with Crippen LogP contribution in [0.15, 0.2) is 89.0 Å². The van der Waals surface area contributed by atoms with Gasteiger partial charge in [0.25, 0.3) is 5.91 Å². The first-order chi connectivity index (χ1) is 22.9. The van der Waals surface area contributed by atoms with Crippen molar-refractivity contribution >= 4 is 29.0 Å². The van der Waals surface area contributed by atoms with Crippen molar-refractivity contribution in [2.24, 2.45) is 11.8 Å². The molecule has 2 N–H and O–H groups in total. The number of carboxylic acids is 1. The molecule has 250 valence electrons. The number of hydrogen-bond acceptors (Lipinski definition) is 7. The van der Waals surface area contributed by atoms with E-state index in [1.807, 2.05) is 12.2 Å². The van der Waals surface area contributed by atoms with Crippen LogP contribution in [0.1, 0.15) is 53.0 Å². The van der Waals surface area contributed by atoms with Crippen molar-refractivity contribution in [1.29, 1.82) is 0 Å². The third kappa shape index (κ3) is 8.46. The van der Waals surface area contributed by atoms with E-state index >= 15 is 0 Å². The fraction of sp³-hybridized carbons (Fsp3) is 0.286. The average molecular weight is 663 g/mol. The van der Waals surface area contributed by atoms with Crippen molar-refractivity contribution in [2.75, 3.05) is 19.0 Å². The molecule has 48 heavy (non-hydrogen) atoms. The zero-order valence-electron chi connectivity index (χ0n) is 26.2. The Balaban J connectivity index is 1.21. The van der Waals surface area contributed by atoms with Crippen LogP contribution in [-0.4, -0.2) is 51.6 Å². The van der Waals surface area contributed by atoms with Crippen LogP contribution >= 0.6 is 0 Å². The number of hydrogen-bond donors (Lipinski definition) is 2. The topological polar surface area (TPSA) is 135 Å². The molecule has 2 aromatic carbocycles. The lowest BCUT2D eigenvalue weighted by Gasteiger charge is -2.20. The average Bonchev–Trinajstić information content (AvgIpc) is 3.53. The van der Waals surface area contributed by atoms with Gasteiger partial charge in [-0.25, -0.2) is 0 Å². The third-order valence-corrected chi connectivity index (χ3v) is 7.93. The minimum absolute atomic E-state index is 0.00996. The number of nitrogens with one attached hydrogen (secondary N) is 1. The van der Waals surface area contributed by atoms with E-state index in [4.69, 9.17) is 9.26 Å². The Labute approximate surface area is 274 Å². The van der Waals surface area contributed by atoms with Gasteiger partial charge in [-0.2, -0.15) is 18.2 Å². The summed E-state index contributed by atoms with van der Waals surface area (Å²) >= 11 is 0. The number of methoxy groups -OCH3 is 1. The van der Waals surface area contributed by atoms with E-state index < -0.39 is 42.5 Å². The number of aromatic nitrogens is 2. The molecule has 0 fully saturated rings. The molecule has 1 aromatic heterocycles. The van der Waals surface area contributed by atoms with Crippen LogP contribution in [0.2, 0.25) is 0 Å². The van der Waals surface area contributed by atoms with E-state index in [0.717, 1.165) is 29.4 Å². The number of carbonyl (C=O) groups is 3. The van der Waals surface area contributed by atoms with Gasteiger partial charge in [-0.1, -0.05) is 54.6 Å². The first-order valence-electron chi connectivity index (χ1n) is 15.1. The number of allylic oxidation sites excluding steroid dienone is 8. The van der Waals surface area contributed by atoms with Crippen molar-refractivity contribution in [2.45, 2.75) is 38.9 Å². The molecular weight excluding hydrogens is 629 g/mol. The molecule has 13 heteroatoms. The summed E-state index contributed by atoms with van der Waals surface area (Å²) in [5.74, 6) is -1.45. The summed E-state index contributed by atoms with van der Waals surface area (Å²) in [5.41, 5.74) is 1.14. The zero-order chi connectivity index (χ0) is 34.4. The Morgan fingerprint density at radius 1 is 1.06 bits per heavy atom. The lowest BCUT2D eigenvalue weighted by molar-refractivity contribution is -0.139. The Kier molecular flexibility index (Phi) is 10.3. The second-order valence-corrected chi connectivity index (χ2v) is 11.5. The summed E-state index contributed by atoms with van der Waals surface area (Å²) in [4.78, 5) is 42.9. The number of carboxylic acid groups (broad SMARTS) is 1. The van der Waals surface area contributed by atoms with Crippen molar-refractivity contribution in [3.63, 3.8) is 0 Å². The van der Waals surface area contributed by atoms with E-state index in [9.17, 15) is 32.7 Å². The van der Waals surface area contributed by atoms with Gasteiger partial charge in [0.1, 0.15) is 18.8 Å². The molecule has 2 atom stereocenters. The normalized spacial score (nSPS) is 17.4. The summed E-state index contributed by atoms with van der Waals surface area (Å²) in [5, 5.41) is 16.0. The predicted octanol–water partition coefficient (Wildman–Crippen LogP) is 6.49. The maximum absolute atomic E-state index is 13.5. The van der Waals surface area contributed by atoms with E-state index in [1.165, 1.54) is 49.1 Å². The largest absolute Gasteiger partial charge is 0.497 e. The zero-order valence-corrected chi connectivity index (χ0v) is 26.2. The highest BCUT2D eigenvalue weighted by Gasteiger charge is 2.34. The summed E-state index contributed by atoms with van der Waals surface area (Å²) < 4.78 is 50.8. The van der Waals surface area contributed by atoms with Crippen LogP contribution in [-0.2, 0) is 28.7 Å². The molecule has 2 amide bonds. The van der Waals surface area contributed by atoms with Gasteiger partial charge in [0.05, 0.1) is 19.1 Å². The smallest absolute Gasteiger partial charge is 0.416 e. The molecular formula is C35H33F3N4O6. The van der Waals surface area contributed by atoms with Crippen LogP contribution in [0.4, 0.5) is 18.9 Å². The van der Waals surface area contributed by atoms with Crippen LogP contribution in [0.3, 0.4) is 0 Å². The van der Waals surface area contributed by atoms with Gasteiger partial charge in [-0.3, -0.25) is 14.4 Å². The minimum Gasteiger partial charge on any atom is -0.497 e. The number of amides is 2. The molecule has 3 aromatic rings. The Hall–Kier alpha value is -5.46. The van der Waals surface area contributed by atoms with Crippen LogP contribution < -0.4 is 10.1 Å². The third-order valence-electron chi connectivity index (χ3n) is 7.93. The van der Waals surface area contributed by atoms with E-state index in [-0.39, 0.29) is 40.9 Å². The summed E-state index contributed by atoms with van der Waals surface area (Å²) in [6.45, 7) is 1.25. The number of rotatable bonds is 11. The maximum Gasteiger partial charge on any atom is 0.416 e. The first-order valence-corrected chi connectivity index (χ1v) is 15.1. The number of aliphatic carboxylic acids is 1. The molecule has 0 aliphatic heterocycles. The van der Waals surface area contributed by atoms with Crippen molar-refractivity contribution in [3.8, 4) is 5.75 Å². The second-order valence-electron chi connectivity index (χ2n) is 11.5. The van der Waals surface area contributed by atoms with E-state index in [2.05, 4.69) is 46.7 Å². The highest BCUT2D eigenvalue weighted by molar-refractivity contribution is 5.97. The number of benzene rings is 2. The highest BCUT2D eigenvalue weighted by atomic mass is 19.4. The summed E-state index contributed by atoms with van der Waals surface area (Å²) in [7, 11) is 1.24. The van der Waals surface area contributed by atoms with Gasteiger partial charge >= 0.3 is 12.1 Å². The molecule has 10 nitrogen and oxygen atoms in total. The number of alkyl halides is 3. The SMILES string of the molecule is COc1ccc(CC(=O)Nc2ccc(C(=O)N(CC(=O)O)Cc3nc(C4=CCC(C5=CCC(C)C=C5)C=C4)no3)cc2)c(C(F)(F)F)c1. The van der Waals surface area contributed by atoms with Crippen molar-refractivity contribution in [3.05, 3.63) is 113 Å². The fourth-order valence-corrected chi connectivity index (χ4v) is 5.37. The maximum atomic E-state index is 13.5. The number of carbonyl (C=O) groups excluding carboxylic acids is 2. The minimum atomic E-state index is -4.69. The lowest BCUT2D eigenvalue weighted by atomic mass is 9.85. The lowest BCUT2D eigenvalue weighted by Crippen LogP contribution is -2.35. The predicted molar refractivity (Wildman–Crippen MR) is 170 cm³/mol. The monoisotopic (exact) mass is 662 g/mol. The molecule has 2 aliphatic rings. The number of ether oxygens (including phenoxy) is 1. The van der Waals surface area contributed by atoms with Crippen LogP contribution in [0.5, 0.6) is 5.75 Å². The summed E-state index contributed by atoms with van der Waals surface area (Å²) in [6, 6.07) is 8.86. The molecule has 0 radical (unpaired) electrons. The summed E-state index contributed by atoms with van der Waals surface area (Å²) in [6.07, 6.45) is 9.16.